The summed E-state index contributed by atoms with van der Waals surface area (Å²) in [6, 6.07) is 69.6. The molecule has 0 aliphatic carbocycles. The van der Waals surface area contributed by atoms with Crippen LogP contribution in [0.2, 0.25) is 0 Å². The SMILES string of the molecule is C=Cc1c(/C=C\C)n(-c2ccc3c(c2)c2ccccc2n3-c2cc(-c3ccccc3)c(-c3nc(-c4ccccc4)nc4c3sc3ccccc34)c(-c3ccccc3)c2)c2ccccc12. The molecule has 0 saturated heterocycles. The number of benzene rings is 8. The lowest BCUT2D eigenvalue weighted by Gasteiger charge is -2.20. The van der Waals surface area contributed by atoms with E-state index in [1.165, 1.54) is 20.9 Å². The Morgan fingerprint density at radius 1 is 0.500 bits per heavy atom. The average Bonchev–Trinajstić information content (AvgIpc) is 4.01. The van der Waals surface area contributed by atoms with Crippen LogP contribution in [0.15, 0.2) is 207 Å². The molecule has 0 N–H and O–H groups in total. The first-order valence-corrected chi connectivity index (χ1v) is 22.5. The van der Waals surface area contributed by atoms with Crippen molar-refractivity contribution in [2.45, 2.75) is 6.92 Å². The van der Waals surface area contributed by atoms with E-state index < -0.39 is 0 Å². The minimum absolute atomic E-state index is 0.709. The van der Waals surface area contributed by atoms with Gasteiger partial charge in [0.15, 0.2) is 5.82 Å². The molecule has 12 rings (SSSR count). The summed E-state index contributed by atoms with van der Waals surface area (Å²) in [5.41, 5.74) is 16.2. The first-order valence-electron chi connectivity index (χ1n) is 21.6. The molecular weight excluding hydrogens is 797 g/mol. The Morgan fingerprint density at radius 3 is 1.72 bits per heavy atom. The summed E-state index contributed by atoms with van der Waals surface area (Å²) in [5, 5.41) is 4.69. The van der Waals surface area contributed by atoms with E-state index in [2.05, 4.69) is 223 Å². The topological polar surface area (TPSA) is 35.6 Å². The summed E-state index contributed by atoms with van der Waals surface area (Å²) in [6.45, 7) is 6.30. The van der Waals surface area contributed by atoms with Gasteiger partial charge in [0.2, 0.25) is 0 Å². The van der Waals surface area contributed by atoms with Crippen molar-refractivity contribution in [2.75, 3.05) is 0 Å². The van der Waals surface area contributed by atoms with Crippen molar-refractivity contribution in [2.24, 2.45) is 0 Å². The van der Waals surface area contributed by atoms with Crippen molar-refractivity contribution >= 4 is 76.5 Å². The molecule has 4 aromatic heterocycles. The Labute approximate surface area is 375 Å². The molecule has 8 aromatic carbocycles. The Bertz CT molecular complexity index is 3740. The largest absolute Gasteiger partial charge is 0.309 e. The van der Waals surface area contributed by atoms with Crippen LogP contribution in [0.4, 0.5) is 0 Å². The third-order valence-corrected chi connectivity index (χ3v) is 13.6. The predicted octanol–water partition coefficient (Wildman–Crippen LogP) is 16.2. The third kappa shape index (κ3) is 5.97. The summed E-state index contributed by atoms with van der Waals surface area (Å²) in [6.07, 6.45) is 6.28. The van der Waals surface area contributed by atoms with Gasteiger partial charge in [0.25, 0.3) is 0 Å². The molecule has 0 saturated carbocycles. The van der Waals surface area contributed by atoms with Crippen LogP contribution in [0.5, 0.6) is 0 Å². The lowest BCUT2D eigenvalue weighted by atomic mass is 9.88. The third-order valence-electron chi connectivity index (χ3n) is 12.4. The number of rotatable bonds is 8. The van der Waals surface area contributed by atoms with Crippen LogP contribution in [0, 0.1) is 0 Å². The van der Waals surface area contributed by atoms with Crippen molar-refractivity contribution < 1.29 is 0 Å². The zero-order chi connectivity index (χ0) is 42.7. The highest BCUT2D eigenvalue weighted by atomic mass is 32.1. The van der Waals surface area contributed by atoms with Crippen LogP contribution in [0.3, 0.4) is 0 Å². The number of hydrogen-bond donors (Lipinski definition) is 0. The molecule has 0 fully saturated rings. The lowest BCUT2D eigenvalue weighted by molar-refractivity contribution is 1.11. The number of allylic oxidation sites excluding steroid dienone is 1. The second kappa shape index (κ2) is 15.3. The summed E-state index contributed by atoms with van der Waals surface area (Å²) in [5.74, 6) is 0.709. The summed E-state index contributed by atoms with van der Waals surface area (Å²) >= 11 is 1.77. The molecule has 0 radical (unpaired) electrons. The summed E-state index contributed by atoms with van der Waals surface area (Å²) < 4.78 is 7.07. The van der Waals surface area contributed by atoms with Gasteiger partial charge in [-0.1, -0.05) is 164 Å². The van der Waals surface area contributed by atoms with E-state index in [1.54, 1.807) is 11.3 Å². The number of nitrogens with zero attached hydrogens (tertiary/aromatic N) is 4. The highest BCUT2D eigenvalue weighted by molar-refractivity contribution is 7.26. The molecule has 0 bridgehead atoms. The van der Waals surface area contributed by atoms with Gasteiger partial charge in [-0.05, 0) is 83.8 Å². The van der Waals surface area contributed by atoms with Gasteiger partial charge in [-0.25, -0.2) is 9.97 Å². The van der Waals surface area contributed by atoms with Crippen LogP contribution >= 0.6 is 11.3 Å². The van der Waals surface area contributed by atoms with Crippen LogP contribution in [0.25, 0.3) is 121 Å². The molecule has 0 amide bonds. The number of hydrogen-bond acceptors (Lipinski definition) is 3. The highest BCUT2D eigenvalue weighted by Crippen LogP contribution is 2.48. The molecule has 64 heavy (non-hydrogen) atoms. The van der Waals surface area contributed by atoms with E-state index in [1.807, 2.05) is 12.1 Å². The van der Waals surface area contributed by atoms with E-state index in [0.717, 1.165) is 93.9 Å². The van der Waals surface area contributed by atoms with Gasteiger partial charge in [-0.2, -0.15) is 0 Å². The molecule has 5 heteroatoms. The van der Waals surface area contributed by atoms with Crippen molar-refractivity contribution in [1.82, 2.24) is 19.1 Å². The number of thiophene rings is 1. The Kier molecular flexibility index (Phi) is 9.02. The number of aromatic nitrogens is 4. The Morgan fingerprint density at radius 2 is 1.06 bits per heavy atom. The monoisotopic (exact) mass is 836 g/mol. The number of fused-ring (bicyclic) bond motifs is 7. The van der Waals surface area contributed by atoms with E-state index in [9.17, 15) is 0 Å². The van der Waals surface area contributed by atoms with Gasteiger partial charge in [-0.3, -0.25) is 0 Å². The van der Waals surface area contributed by atoms with Crippen molar-refractivity contribution in [3.63, 3.8) is 0 Å². The van der Waals surface area contributed by atoms with Gasteiger partial charge in [0.1, 0.15) is 0 Å². The van der Waals surface area contributed by atoms with Crippen LogP contribution < -0.4 is 0 Å². The molecule has 0 unspecified atom stereocenters. The van der Waals surface area contributed by atoms with E-state index in [0.29, 0.717) is 5.82 Å². The maximum absolute atomic E-state index is 5.57. The minimum Gasteiger partial charge on any atom is -0.309 e. The molecule has 12 aromatic rings. The molecule has 0 spiro atoms. The molecule has 0 aliphatic rings. The predicted molar refractivity (Wildman–Crippen MR) is 273 cm³/mol. The van der Waals surface area contributed by atoms with Gasteiger partial charge in [0, 0.05) is 54.3 Å². The van der Waals surface area contributed by atoms with E-state index >= 15 is 0 Å². The average molecular weight is 837 g/mol. The quantitative estimate of drug-likeness (QED) is 0.153. The fourth-order valence-electron chi connectivity index (χ4n) is 9.66. The zero-order valence-corrected chi connectivity index (χ0v) is 35.9. The molecule has 4 nitrogen and oxygen atoms in total. The van der Waals surface area contributed by atoms with Crippen LogP contribution in [-0.2, 0) is 0 Å². The van der Waals surface area contributed by atoms with Gasteiger partial charge in [0.05, 0.1) is 38.2 Å². The maximum Gasteiger partial charge on any atom is 0.160 e. The Hall–Kier alpha value is -8.12. The first-order chi connectivity index (χ1) is 31.7. The normalized spacial score (nSPS) is 11.8. The van der Waals surface area contributed by atoms with Crippen molar-refractivity contribution in [3.05, 3.63) is 218 Å². The van der Waals surface area contributed by atoms with Gasteiger partial charge in [-0.15, -0.1) is 11.3 Å². The standard InChI is InChI=1S/C59H40N4S/c1-3-20-50-43(4-2)44-27-14-17-30-51(44)62(50)41-33-34-53-49(35-41)45-28-15-18-31-52(45)63(53)42-36-47(38-21-8-5-9-22-38)55(48(37-42)39-23-10-6-11-24-39)57-58-56(46-29-16-19-32-54(46)64-58)60-59(61-57)40-25-12-7-13-26-40/h3-37H,2H2,1H3/b20-3-. The highest BCUT2D eigenvalue weighted by Gasteiger charge is 2.25. The first kappa shape index (κ1) is 37.6. The Balaban J connectivity index is 1.18. The maximum atomic E-state index is 5.57. The number of para-hydroxylation sites is 2. The van der Waals surface area contributed by atoms with Gasteiger partial charge >= 0.3 is 0 Å². The summed E-state index contributed by atoms with van der Waals surface area (Å²) in [4.78, 5) is 10.9. The smallest absolute Gasteiger partial charge is 0.160 e. The van der Waals surface area contributed by atoms with Crippen LogP contribution in [0.1, 0.15) is 18.2 Å². The minimum atomic E-state index is 0.709. The molecule has 0 atom stereocenters. The second-order valence-corrected chi connectivity index (χ2v) is 17.1. The molecular formula is C59H40N4S. The second-order valence-electron chi connectivity index (χ2n) is 16.1. The lowest BCUT2D eigenvalue weighted by Crippen LogP contribution is -2.01. The van der Waals surface area contributed by atoms with Crippen molar-refractivity contribution in [3.8, 4) is 56.3 Å². The molecule has 4 heterocycles. The van der Waals surface area contributed by atoms with E-state index in [4.69, 9.17) is 9.97 Å². The summed E-state index contributed by atoms with van der Waals surface area (Å²) in [7, 11) is 0. The fourth-order valence-corrected chi connectivity index (χ4v) is 10.8. The fraction of sp³-hybridized carbons (Fsp3) is 0.0169. The van der Waals surface area contributed by atoms with Crippen LogP contribution in [-0.4, -0.2) is 19.1 Å². The molecule has 302 valence electrons. The molecule has 0 aliphatic heterocycles. The van der Waals surface area contributed by atoms with Crippen molar-refractivity contribution in [1.29, 1.82) is 0 Å². The van der Waals surface area contributed by atoms with E-state index in [-0.39, 0.29) is 0 Å². The zero-order valence-electron chi connectivity index (χ0n) is 35.1. The van der Waals surface area contributed by atoms with Gasteiger partial charge < -0.3 is 9.13 Å².